The first-order valence-corrected chi connectivity index (χ1v) is 7.96. The summed E-state index contributed by atoms with van der Waals surface area (Å²) < 4.78 is 0. The van der Waals surface area contributed by atoms with Crippen LogP contribution >= 0.6 is 0 Å². The van der Waals surface area contributed by atoms with E-state index in [0.29, 0.717) is 25.1 Å². The fourth-order valence-corrected chi connectivity index (χ4v) is 2.58. The molecule has 0 aromatic carbocycles. The van der Waals surface area contributed by atoms with E-state index in [1.807, 2.05) is 20.8 Å². The molecule has 1 atom stereocenters. The van der Waals surface area contributed by atoms with Crippen LogP contribution in [0, 0.1) is 5.41 Å². The normalized spacial score (nSPS) is 20.6. The van der Waals surface area contributed by atoms with Crippen LogP contribution in [0.1, 0.15) is 40.5 Å². The summed E-state index contributed by atoms with van der Waals surface area (Å²) in [6.07, 6.45) is 2.46. The second-order valence-electron chi connectivity index (χ2n) is 6.25. The number of carbonyl (C=O) groups excluding carboxylic acids is 1. The third-order valence-corrected chi connectivity index (χ3v) is 4.02. The molecule has 6 heteroatoms. The molecule has 6 nitrogen and oxygen atoms in total. The van der Waals surface area contributed by atoms with E-state index in [9.17, 15) is 4.79 Å². The Morgan fingerprint density at radius 3 is 2.71 bits per heavy atom. The van der Waals surface area contributed by atoms with Gasteiger partial charge in [0.05, 0.1) is 12.0 Å². The largest absolute Gasteiger partial charge is 0.370 e. The Hall–Kier alpha value is -1.30. The number of likely N-dealkylation sites (N-methyl/N-ethyl adjacent to an activating group) is 1. The molecule has 1 aliphatic heterocycles. The lowest BCUT2D eigenvalue weighted by molar-refractivity contribution is -0.128. The van der Waals surface area contributed by atoms with Crippen LogP contribution < -0.4 is 16.4 Å². The molecule has 0 saturated carbocycles. The molecule has 1 amide bonds. The Morgan fingerprint density at radius 1 is 1.38 bits per heavy atom. The number of carbonyl (C=O) groups is 1. The number of rotatable bonds is 7. The van der Waals surface area contributed by atoms with Crippen LogP contribution in [0.2, 0.25) is 0 Å². The molecule has 0 aliphatic carbocycles. The van der Waals surface area contributed by atoms with Gasteiger partial charge in [-0.3, -0.25) is 14.7 Å². The quantitative estimate of drug-likeness (QED) is 0.473. The SMILES string of the molecule is CCNC(=O)C(C)(C)CN=C(N)NCC1CCCN1CC. The summed E-state index contributed by atoms with van der Waals surface area (Å²) in [5, 5.41) is 6.01. The highest BCUT2D eigenvalue weighted by Crippen LogP contribution is 2.16. The zero-order valence-corrected chi connectivity index (χ0v) is 13.9. The van der Waals surface area contributed by atoms with Gasteiger partial charge in [0.15, 0.2) is 5.96 Å². The first-order valence-electron chi connectivity index (χ1n) is 7.96. The molecular weight excluding hydrogens is 266 g/mol. The number of nitrogens with zero attached hydrogens (tertiary/aromatic N) is 2. The van der Waals surface area contributed by atoms with Crippen molar-refractivity contribution < 1.29 is 4.79 Å². The van der Waals surface area contributed by atoms with E-state index >= 15 is 0 Å². The van der Waals surface area contributed by atoms with Gasteiger partial charge >= 0.3 is 0 Å². The smallest absolute Gasteiger partial charge is 0.227 e. The predicted octanol–water partition coefficient (Wildman–Crippen LogP) is 0.537. The van der Waals surface area contributed by atoms with Crippen LogP contribution in [-0.2, 0) is 4.79 Å². The zero-order chi connectivity index (χ0) is 15.9. The molecule has 4 N–H and O–H groups in total. The first kappa shape index (κ1) is 17.8. The van der Waals surface area contributed by atoms with Gasteiger partial charge in [0.2, 0.25) is 5.91 Å². The third-order valence-electron chi connectivity index (χ3n) is 4.02. The van der Waals surface area contributed by atoms with E-state index in [2.05, 4.69) is 27.4 Å². The molecule has 0 spiro atoms. The maximum atomic E-state index is 11.9. The number of aliphatic imine (C=N–C) groups is 1. The fourth-order valence-electron chi connectivity index (χ4n) is 2.58. The average Bonchev–Trinajstić information content (AvgIpc) is 2.90. The molecule has 1 saturated heterocycles. The lowest BCUT2D eigenvalue weighted by Crippen LogP contribution is -2.44. The molecule has 1 rings (SSSR count). The molecular formula is C15H31N5O. The van der Waals surface area contributed by atoms with Crippen molar-refractivity contribution in [3.8, 4) is 0 Å². The lowest BCUT2D eigenvalue weighted by atomic mass is 9.92. The zero-order valence-electron chi connectivity index (χ0n) is 13.9. The minimum Gasteiger partial charge on any atom is -0.370 e. The Kier molecular flexibility index (Phi) is 6.95. The first-order chi connectivity index (χ1) is 9.90. The van der Waals surface area contributed by atoms with Gasteiger partial charge in [0.25, 0.3) is 0 Å². The maximum absolute atomic E-state index is 11.9. The molecule has 0 aromatic heterocycles. The highest BCUT2D eigenvalue weighted by atomic mass is 16.2. The van der Waals surface area contributed by atoms with Gasteiger partial charge in [-0.15, -0.1) is 0 Å². The van der Waals surface area contributed by atoms with Crippen LogP contribution in [0.3, 0.4) is 0 Å². The van der Waals surface area contributed by atoms with E-state index in [0.717, 1.165) is 13.1 Å². The summed E-state index contributed by atoms with van der Waals surface area (Å²) in [6.45, 7) is 11.9. The number of hydrogen-bond donors (Lipinski definition) is 3. The number of guanidine groups is 1. The Labute approximate surface area is 128 Å². The highest BCUT2D eigenvalue weighted by Gasteiger charge is 2.27. The lowest BCUT2D eigenvalue weighted by Gasteiger charge is -2.24. The predicted molar refractivity (Wildman–Crippen MR) is 87.2 cm³/mol. The van der Waals surface area contributed by atoms with Gasteiger partial charge < -0.3 is 16.4 Å². The number of likely N-dealkylation sites (tertiary alicyclic amines) is 1. The minimum atomic E-state index is -0.537. The minimum absolute atomic E-state index is 0.00880. The summed E-state index contributed by atoms with van der Waals surface area (Å²) in [4.78, 5) is 18.7. The Balaban J connectivity index is 2.40. The van der Waals surface area contributed by atoms with Gasteiger partial charge in [-0.1, -0.05) is 6.92 Å². The van der Waals surface area contributed by atoms with Crippen molar-refractivity contribution in [2.45, 2.75) is 46.6 Å². The van der Waals surface area contributed by atoms with Crippen LogP contribution in [0.15, 0.2) is 4.99 Å². The molecule has 0 bridgehead atoms. The summed E-state index contributed by atoms with van der Waals surface area (Å²) >= 11 is 0. The second kappa shape index (κ2) is 8.22. The van der Waals surface area contributed by atoms with Crippen LogP contribution in [0.5, 0.6) is 0 Å². The summed E-state index contributed by atoms with van der Waals surface area (Å²) in [7, 11) is 0. The molecule has 1 fully saturated rings. The van der Waals surface area contributed by atoms with Crippen molar-refractivity contribution in [2.24, 2.45) is 16.1 Å². The summed E-state index contributed by atoms with van der Waals surface area (Å²) in [5.41, 5.74) is 5.37. The van der Waals surface area contributed by atoms with Crippen molar-refractivity contribution in [1.82, 2.24) is 15.5 Å². The molecule has 0 radical (unpaired) electrons. The Morgan fingerprint density at radius 2 is 2.10 bits per heavy atom. The summed E-state index contributed by atoms with van der Waals surface area (Å²) in [5.74, 6) is 0.435. The van der Waals surface area contributed by atoms with Crippen molar-refractivity contribution in [3.05, 3.63) is 0 Å². The highest BCUT2D eigenvalue weighted by molar-refractivity contribution is 5.83. The van der Waals surface area contributed by atoms with Crippen LogP contribution in [-0.4, -0.2) is 55.5 Å². The standard InChI is InChI=1S/C15H31N5O/c1-5-17-13(21)15(3,4)11-19-14(16)18-10-12-8-7-9-20(12)6-2/h12H,5-11H2,1-4H3,(H,17,21)(H3,16,18,19). The van der Waals surface area contributed by atoms with E-state index in [4.69, 9.17) is 5.73 Å². The maximum Gasteiger partial charge on any atom is 0.227 e. The number of hydrogen-bond acceptors (Lipinski definition) is 3. The van der Waals surface area contributed by atoms with Crippen molar-refractivity contribution in [2.75, 3.05) is 32.7 Å². The number of amides is 1. The molecule has 1 heterocycles. The van der Waals surface area contributed by atoms with E-state index < -0.39 is 5.41 Å². The van der Waals surface area contributed by atoms with Crippen molar-refractivity contribution in [3.63, 3.8) is 0 Å². The Bertz CT molecular complexity index is 367. The number of nitrogens with two attached hydrogens (primary N) is 1. The third kappa shape index (κ3) is 5.53. The molecule has 21 heavy (non-hydrogen) atoms. The van der Waals surface area contributed by atoms with Gasteiger partial charge in [-0.2, -0.15) is 0 Å². The van der Waals surface area contributed by atoms with E-state index in [-0.39, 0.29) is 5.91 Å². The van der Waals surface area contributed by atoms with Gasteiger partial charge in [0, 0.05) is 19.1 Å². The average molecular weight is 297 g/mol. The van der Waals surface area contributed by atoms with Crippen molar-refractivity contribution >= 4 is 11.9 Å². The van der Waals surface area contributed by atoms with Crippen LogP contribution in [0.4, 0.5) is 0 Å². The topological polar surface area (TPSA) is 82.8 Å². The fraction of sp³-hybridized carbons (Fsp3) is 0.867. The summed E-state index contributed by atoms with van der Waals surface area (Å²) in [6, 6.07) is 0.542. The van der Waals surface area contributed by atoms with E-state index in [1.54, 1.807) is 0 Å². The van der Waals surface area contributed by atoms with Gasteiger partial charge in [-0.25, -0.2) is 0 Å². The molecule has 1 unspecified atom stereocenters. The second-order valence-corrected chi connectivity index (χ2v) is 6.25. The van der Waals surface area contributed by atoms with Gasteiger partial charge in [-0.05, 0) is 46.7 Å². The molecule has 122 valence electrons. The monoisotopic (exact) mass is 297 g/mol. The number of nitrogens with one attached hydrogen (secondary N) is 2. The van der Waals surface area contributed by atoms with Gasteiger partial charge in [0.1, 0.15) is 0 Å². The molecule has 0 aromatic rings. The van der Waals surface area contributed by atoms with Crippen LogP contribution in [0.25, 0.3) is 0 Å². The van der Waals surface area contributed by atoms with Crippen molar-refractivity contribution in [1.29, 1.82) is 0 Å². The van der Waals surface area contributed by atoms with E-state index in [1.165, 1.54) is 19.4 Å². The molecule has 1 aliphatic rings.